The van der Waals surface area contributed by atoms with Gasteiger partial charge in [-0.05, 0) is 29.8 Å². The number of hydrogen-bond acceptors (Lipinski definition) is 4. The minimum absolute atomic E-state index is 0.119. The molecular formula is C16H14N2O3. The van der Waals surface area contributed by atoms with Gasteiger partial charge in [-0.15, -0.1) is 0 Å². The first-order valence-corrected chi connectivity index (χ1v) is 6.54. The number of carbonyl (C=O) groups is 2. The van der Waals surface area contributed by atoms with E-state index >= 15 is 0 Å². The Hall–Kier alpha value is -2.82. The van der Waals surface area contributed by atoms with Crippen molar-refractivity contribution in [3.8, 4) is 0 Å². The highest BCUT2D eigenvalue weighted by Gasteiger charge is 2.24. The number of methoxy groups -OCH3 is 1. The van der Waals surface area contributed by atoms with Gasteiger partial charge in [0.15, 0.2) is 0 Å². The third-order valence-corrected chi connectivity index (χ3v) is 3.41. The van der Waals surface area contributed by atoms with Gasteiger partial charge in [0.05, 0.1) is 18.2 Å². The van der Waals surface area contributed by atoms with Crippen LogP contribution in [-0.4, -0.2) is 19.0 Å². The van der Waals surface area contributed by atoms with Gasteiger partial charge in [-0.2, -0.15) is 0 Å². The molecule has 1 atom stereocenters. The van der Waals surface area contributed by atoms with Gasteiger partial charge in [-0.1, -0.05) is 24.3 Å². The van der Waals surface area contributed by atoms with Gasteiger partial charge in [0.2, 0.25) is 0 Å². The highest BCUT2D eigenvalue weighted by atomic mass is 16.5. The number of hydrogen-bond donors (Lipinski definition) is 2. The minimum atomic E-state index is -0.382. The van der Waals surface area contributed by atoms with Gasteiger partial charge in [0.25, 0.3) is 5.91 Å². The van der Waals surface area contributed by atoms with E-state index in [1.807, 2.05) is 18.2 Å². The maximum absolute atomic E-state index is 12.1. The number of benzene rings is 2. The molecule has 0 unspecified atom stereocenters. The van der Waals surface area contributed by atoms with Gasteiger partial charge in [-0.25, -0.2) is 4.79 Å². The number of nitrogens with one attached hydrogen (secondary N) is 2. The van der Waals surface area contributed by atoms with Crippen LogP contribution in [0.1, 0.15) is 32.4 Å². The van der Waals surface area contributed by atoms with E-state index in [0.29, 0.717) is 11.1 Å². The van der Waals surface area contributed by atoms with Crippen LogP contribution >= 0.6 is 0 Å². The van der Waals surface area contributed by atoms with Crippen molar-refractivity contribution in [1.29, 1.82) is 0 Å². The van der Waals surface area contributed by atoms with Crippen molar-refractivity contribution < 1.29 is 14.3 Å². The zero-order valence-electron chi connectivity index (χ0n) is 11.4. The summed E-state index contributed by atoms with van der Waals surface area (Å²) >= 11 is 0. The molecule has 0 aromatic heterocycles. The number of rotatable bonds is 2. The molecule has 5 nitrogen and oxygen atoms in total. The van der Waals surface area contributed by atoms with E-state index < -0.39 is 0 Å². The van der Waals surface area contributed by atoms with Crippen LogP contribution in [0.25, 0.3) is 0 Å². The fourth-order valence-electron chi connectivity index (χ4n) is 2.30. The largest absolute Gasteiger partial charge is 0.465 e. The third kappa shape index (κ3) is 2.45. The van der Waals surface area contributed by atoms with E-state index in [1.165, 1.54) is 7.11 Å². The molecule has 0 fully saturated rings. The Balaban J connectivity index is 1.86. The molecule has 1 heterocycles. The van der Waals surface area contributed by atoms with Crippen molar-refractivity contribution in [3.05, 3.63) is 65.2 Å². The molecule has 2 aromatic rings. The molecule has 5 heteroatoms. The third-order valence-electron chi connectivity index (χ3n) is 3.41. The normalized spacial score (nSPS) is 16.4. The summed E-state index contributed by atoms with van der Waals surface area (Å²) < 4.78 is 4.66. The quantitative estimate of drug-likeness (QED) is 0.830. The van der Waals surface area contributed by atoms with Crippen LogP contribution in [0.15, 0.2) is 48.5 Å². The van der Waals surface area contributed by atoms with Crippen molar-refractivity contribution in [2.24, 2.45) is 0 Å². The lowest BCUT2D eigenvalue weighted by atomic mass is 10.0. The Bertz CT molecular complexity index is 695. The van der Waals surface area contributed by atoms with Crippen LogP contribution in [0, 0.1) is 0 Å². The predicted octanol–water partition coefficient (Wildman–Crippen LogP) is 2.33. The molecule has 2 aromatic carbocycles. The average molecular weight is 282 g/mol. The number of anilines is 1. The summed E-state index contributed by atoms with van der Waals surface area (Å²) in [5, 5.41) is 6.14. The second kappa shape index (κ2) is 5.28. The standard InChI is InChI=1S/C16H14N2O3/c1-21-16(20)11-8-6-10(7-9-11)14-17-13-5-3-2-4-12(13)15(19)18-14/h2-9,14,17H,1H3,(H,18,19)/t14-/m1/s1. The van der Waals surface area contributed by atoms with Crippen molar-refractivity contribution in [1.82, 2.24) is 5.32 Å². The number of para-hydroxylation sites is 1. The van der Waals surface area contributed by atoms with E-state index in [2.05, 4.69) is 15.4 Å². The number of ether oxygens (including phenoxy) is 1. The number of esters is 1. The Labute approximate surface area is 121 Å². The van der Waals surface area contributed by atoms with Crippen molar-refractivity contribution in [3.63, 3.8) is 0 Å². The fourth-order valence-corrected chi connectivity index (χ4v) is 2.30. The number of fused-ring (bicyclic) bond motifs is 1. The number of amides is 1. The Morgan fingerprint density at radius 2 is 1.76 bits per heavy atom. The van der Waals surface area contributed by atoms with E-state index in [9.17, 15) is 9.59 Å². The maximum atomic E-state index is 12.1. The fraction of sp³-hybridized carbons (Fsp3) is 0.125. The Morgan fingerprint density at radius 1 is 1.05 bits per heavy atom. The lowest BCUT2D eigenvalue weighted by Crippen LogP contribution is -2.38. The van der Waals surface area contributed by atoms with Crippen LogP contribution in [0.3, 0.4) is 0 Å². The number of carbonyl (C=O) groups excluding carboxylic acids is 2. The van der Waals surface area contributed by atoms with E-state index in [1.54, 1.807) is 30.3 Å². The van der Waals surface area contributed by atoms with E-state index in [4.69, 9.17) is 0 Å². The summed E-state index contributed by atoms with van der Waals surface area (Å²) in [6.07, 6.45) is -0.320. The van der Waals surface area contributed by atoms with Crippen molar-refractivity contribution in [2.75, 3.05) is 12.4 Å². The first-order chi connectivity index (χ1) is 10.2. The van der Waals surface area contributed by atoms with Crippen LogP contribution in [0.2, 0.25) is 0 Å². The molecule has 1 aliphatic rings. The van der Waals surface area contributed by atoms with Crippen molar-refractivity contribution in [2.45, 2.75) is 6.17 Å². The molecule has 2 N–H and O–H groups in total. The summed E-state index contributed by atoms with van der Waals surface area (Å²) in [7, 11) is 1.34. The van der Waals surface area contributed by atoms with Crippen LogP contribution in [0.4, 0.5) is 5.69 Å². The molecule has 1 aliphatic heterocycles. The summed E-state index contributed by atoms with van der Waals surface area (Å²) in [6.45, 7) is 0. The lowest BCUT2D eigenvalue weighted by molar-refractivity contribution is 0.0600. The summed E-state index contributed by atoms with van der Waals surface area (Å²) in [6, 6.07) is 14.3. The Kier molecular flexibility index (Phi) is 3.31. The smallest absolute Gasteiger partial charge is 0.337 e. The highest BCUT2D eigenvalue weighted by Crippen LogP contribution is 2.26. The van der Waals surface area contributed by atoms with Crippen LogP contribution in [-0.2, 0) is 4.74 Å². The molecule has 0 bridgehead atoms. The monoisotopic (exact) mass is 282 g/mol. The molecule has 0 saturated heterocycles. The van der Waals surface area contributed by atoms with E-state index in [0.717, 1.165) is 11.3 Å². The second-order valence-corrected chi connectivity index (χ2v) is 4.71. The molecule has 1 amide bonds. The van der Waals surface area contributed by atoms with Crippen molar-refractivity contribution >= 4 is 17.6 Å². The van der Waals surface area contributed by atoms with Gasteiger partial charge >= 0.3 is 5.97 Å². The lowest BCUT2D eigenvalue weighted by Gasteiger charge is -2.28. The molecule has 0 saturated carbocycles. The summed E-state index contributed by atoms with van der Waals surface area (Å²) in [5.74, 6) is -0.501. The minimum Gasteiger partial charge on any atom is -0.465 e. The predicted molar refractivity (Wildman–Crippen MR) is 78.1 cm³/mol. The first kappa shape index (κ1) is 13.2. The topological polar surface area (TPSA) is 67.4 Å². The van der Waals surface area contributed by atoms with Gasteiger partial charge in [0, 0.05) is 5.69 Å². The SMILES string of the molecule is COC(=O)c1ccc([C@H]2NC(=O)c3ccccc3N2)cc1. The van der Waals surface area contributed by atoms with Crippen LogP contribution in [0.5, 0.6) is 0 Å². The second-order valence-electron chi connectivity index (χ2n) is 4.71. The van der Waals surface area contributed by atoms with Gasteiger partial charge in [0.1, 0.15) is 6.17 Å². The van der Waals surface area contributed by atoms with Gasteiger partial charge < -0.3 is 15.4 Å². The maximum Gasteiger partial charge on any atom is 0.337 e. The zero-order valence-corrected chi connectivity index (χ0v) is 11.4. The molecule has 3 rings (SSSR count). The summed E-state index contributed by atoms with van der Waals surface area (Å²) in [5.41, 5.74) is 2.76. The summed E-state index contributed by atoms with van der Waals surface area (Å²) in [4.78, 5) is 23.5. The molecule has 21 heavy (non-hydrogen) atoms. The Morgan fingerprint density at radius 3 is 2.48 bits per heavy atom. The first-order valence-electron chi connectivity index (χ1n) is 6.54. The van der Waals surface area contributed by atoms with Crippen LogP contribution < -0.4 is 10.6 Å². The molecule has 106 valence electrons. The molecule has 0 radical (unpaired) electrons. The van der Waals surface area contributed by atoms with Gasteiger partial charge in [-0.3, -0.25) is 4.79 Å². The highest BCUT2D eigenvalue weighted by molar-refractivity contribution is 6.01. The zero-order chi connectivity index (χ0) is 14.8. The molecular weight excluding hydrogens is 268 g/mol. The van der Waals surface area contributed by atoms with E-state index in [-0.39, 0.29) is 18.0 Å². The molecule has 0 spiro atoms. The molecule has 0 aliphatic carbocycles. The average Bonchev–Trinajstić information content (AvgIpc) is 2.54.